The topological polar surface area (TPSA) is 42.0 Å². The molecular formula is C21H25ClN2O3. The number of amides is 1. The number of piperazine rings is 1. The van der Waals surface area contributed by atoms with Crippen LogP contribution in [0.3, 0.4) is 0 Å². The average Bonchev–Trinajstić information content (AvgIpc) is 2.68. The molecular weight excluding hydrogens is 364 g/mol. The molecule has 3 rings (SSSR count). The van der Waals surface area contributed by atoms with Crippen LogP contribution in [0.5, 0.6) is 11.5 Å². The molecule has 0 aliphatic carbocycles. The summed E-state index contributed by atoms with van der Waals surface area (Å²) in [6.07, 6.45) is 0.314. The van der Waals surface area contributed by atoms with Crippen LogP contribution in [0.2, 0.25) is 5.02 Å². The quantitative estimate of drug-likeness (QED) is 0.761. The molecule has 0 N–H and O–H groups in total. The zero-order valence-corrected chi connectivity index (χ0v) is 16.5. The third kappa shape index (κ3) is 5.15. The molecule has 5 nitrogen and oxygen atoms in total. The van der Waals surface area contributed by atoms with Gasteiger partial charge in [0.2, 0.25) is 5.91 Å². The van der Waals surface area contributed by atoms with E-state index in [1.165, 1.54) is 5.56 Å². The first kappa shape index (κ1) is 19.5. The van der Waals surface area contributed by atoms with E-state index >= 15 is 0 Å². The van der Waals surface area contributed by atoms with Crippen molar-refractivity contribution in [3.05, 3.63) is 58.6 Å². The Morgan fingerprint density at radius 2 is 1.81 bits per heavy atom. The van der Waals surface area contributed by atoms with Gasteiger partial charge in [-0.2, -0.15) is 0 Å². The van der Waals surface area contributed by atoms with E-state index in [4.69, 9.17) is 21.1 Å². The van der Waals surface area contributed by atoms with Crippen LogP contribution in [0.1, 0.15) is 11.1 Å². The van der Waals surface area contributed by atoms with E-state index in [9.17, 15) is 4.79 Å². The number of ether oxygens (including phenoxy) is 2. The SMILES string of the molecule is COc1ccc(OC)c(CC(=O)N2CCN(Cc3cccc(Cl)c3)CC2)c1. The minimum atomic E-state index is 0.115. The number of rotatable bonds is 6. The third-order valence-electron chi connectivity index (χ3n) is 4.85. The normalized spacial score (nSPS) is 14.9. The highest BCUT2D eigenvalue weighted by atomic mass is 35.5. The largest absolute Gasteiger partial charge is 0.497 e. The van der Waals surface area contributed by atoms with Crippen molar-refractivity contribution in [2.75, 3.05) is 40.4 Å². The van der Waals surface area contributed by atoms with Crippen LogP contribution in [-0.4, -0.2) is 56.1 Å². The van der Waals surface area contributed by atoms with E-state index in [0.717, 1.165) is 49.1 Å². The van der Waals surface area contributed by atoms with Crippen LogP contribution in [0.4, 0.5) is 0 Å². The molecule has 0 radical (unpaired) electrons. The molecule has 1 fully saturated rings. The van der Waals surface area contributed by atoms with Crippen molar-refractivity contribution in [2.45, 2.75) is 13.0 Å². The van der Waals surface area contributed by atoms with Crippen LogP contribution in [-0.2, 0) is 17.8 Å². The Morgan fingerprint density at radius 1 is 1.04 bits per heavy atom. The van der Waals surface area contributed by atoms with E-state index in [1.807, 2.05) is 41.3 Å². The number of hydrogen-bond donors (Lipinski definition) is 0. The van der Waals surface area contributed by atoms with Gasteiger partial charge in [-0.05, 0) is 35.9 Å². The number of halogens is 1. The van der Waals surface area contributed by atoms with Crippen LogP contribution in [0, 0.1) is 0 Å². The Balaban J connectivity index is 1.56. The fourth-order valence-electron chi connectivity index (χ4n) is 3.34. The van der Waals surface area contributed by atoms with Crippen LogP contribution >= 0.6 is 11.6 Å². The average molecular weight is 389 g/mol. The lowest BCUT2D eigenvalue weighted by Gasteiger charge is -2.35. The van der Waals surface area contributed by atoms with Crippen LogP contribution in [0.15, 0.2) is 42.5 Å². The number of methoxy groups -OCH3 is 2. The summed E-state index contributed by atoms with van der Waals surface area (Å²) in [5.41, 5.74) is 2.05. The van der Waals surface area contributed by atoms with Crippen molar-refractivity contribution in [2.24, 2.45) is 0 Å². The molecule has 0 aromatic heterocycles. The zero-order valence-electron chi connectivity index (χ0n) is 15.8. The Morgan fingerprint density at radius 3 is 2.48 bits per heavy atom. The van der Waals surface area contributed by atoms with Crippen molar-refractivity contribution in [3.63, 3.8) is 0 Å². The van der Waals surface area contributed by atoms with E-state index in [0.29, 0.717) is 12.2 Å². The van der Waals surface area contributed by atoms with Crippen molar-refractivity contribution in [3.8, 4) is 11.5 Å². The summed E-state index contributed by atoms with van der Waals surface area (Å²) in [5.74, 6) is 1.55. The highest BCUT2D eigenvalue weighted by molar-refractivity contribution is 6.30. The Bertz CT molecular complexity index is 789. The van der Waals surface area contributed by atoms with Crippen molar-refractivity contribution in [1.82, 2.24) is 9.80 Å². The number of hydrogen-bond acceptors (Lipinski definition) is 4. The first-order valence-corrected chi connectivity index (χ1v) is 9.42. The summed E-state index contributed by atoms with van der Waals surface area (Å²) in [6.45, 7) is 4.02. The number of nitrogens with zero attached hydrogens (tertiary/aromatic N) is 2. The predicted molar refractivity (Wildman–Crippen MR) is 107 cm³/mol. The molecule has 0 saturated carbocycles. The molecule has 144 valence electrons. The first-order valence-electron chi connectivity index (χ1n) is 9.04. The van der Waals surface area contributed by atoms with Gasteiger partial charge in [-0.15, -0.1) is 0 Å². The van der Waals surface area contributed by atoms with Gasteiger partial charge >= 0.3 is 0 Å². The molecule has 6 heteroatoms. The second-order valence-corrected chi connectivity index (χ2v) is 7.08. The summed E-state index contributed by atoms with van der Waals surface area (Å²) in [4.78, 5) is 17.0. The number of carbonyl (C=O) groups is 1. The van der Waals surface area contributed by atoms with E-state index < -0.39 is 0 Å². The fraction of sp³-hybridized carbons (Fsp3) is 0.381. The Kier molecular flexibility index (Phi) is 6.58. The lowest BCUT2D eigenvalue weighted by Crippen LogP contribution is -2.48. The van der Waals surface area contributed by atoms with E-state index in [-0.39, 0.29) is 5.91 Å². The fourth-order valence-corrected chi connectivity index (χ4v) is 3.56. The van der Waals surface area contributed by atoms with Crippen molar-refractivity contribution >= 4 is 17.5 Å². The van der Waals surface area contributed by atoms with Gasteiger partial charge in [0, 0.05) is 43.3 Å². The second-order valence-electron chi connectivity index (χ2n) is 6.64. The molecule has 2 aromatic rings. The summed E-state index contributed by atoms with van der Waals surface area (Å²) < 4.78 is 10.6. The van der Waals surface area contributed by atoms with Gasteiger partial charge in [0.05, 0.1) is 20.6 Å². The molecule has 0 unspecified atom stereocenters. The number of carbonyl (C=O) groups excluding carboxylic acids is 1. The highest BCUT2D eigenvalue weighted by Crippen LogP contribution is 2.25. The van der Waals surface area contributed by atoms with Gasteiger partial charge in [-0.3, -0.25) is 9.69 Å². The zero-order chi connectivity index (χ0) is 19.2. The van der Waals surface area contributed by atoms with E-state index in [1.54, 1.807) is 14.2 Å². The maximum absolute atomic E-state index is 12.7. The summed E-state index contributed by atoms with van der Waals surface area (Å²) in [7, 11) is 3.23. The van der Waals surface area contributed by atoms with Gasteiger partial charge in [-0.1, -0.05) is 23.7 Å². The molecule has 1 amide bonds. The van der Waals surface area contributed by atoms with Crippen LogP contribution < -0.4 is 9.47 Å². The summed E-state index contributed by atoms with van der Waals surface area (Å²) in [6, 6.07) is 13.5. The Hall–Kier alpha value is -2.24. The van der Waals surface area contributed by atoms with Gasteiger partial charge < -0.3 is 14.4 Å². The highest BCUT2D eigenvalue weighted by Gasteiger charge is 2.22. The smallest absolute Gasteiger partial charge is 0.227 e. The molecule has 1 aliphatic heterocycles. The lowest BCUT2D eigenvalue weighted by atomic mass is 10.1. The van der Waals surface area contributed by atoms with Gasteiger partial charge in [0.1, 0.15) is 11.5 Å². The molecule has 1 aliphatic rings. The van der Waals surface area contributed by atoms with Gasteiger partial charge in [-0.25, -0.2) is 0 Å². The predicted octanol–water partition coefficient (Wildman–Crippen LogP) is 3.24. The molecule has 0 spiro atoms. The molecule has 1 saturated heterocycles. The molecule has 1 heterocycles. The number of benzene rings is 2. The Labute approximate surface area is 165 Å². The third-order valence-corrected chi connectivity index (χ3v) is 5.08. The maximum Gasteiger partial charge on any atom is 0.227 e. The summed E-state index contributed by atoms with van der Waals surface area (Å²) >= 11 is 6.06. The van der Waals surface area contributed by atoms with Crippen molar-refractivity contribution in [1.29, 1.82) is 0 Å². The molecule has 0 bridgehead atoms. The van der Waals surface area contributed by atoms with Gasteiger partial charge in [0.15, 0.2) is 0 Å². The molecule has 27 heavy (non-hydrogen) atoms. The second kappa shape index (κ2) is 9.11. The lowest BCUT2D eigenvalue weighted by molar-refractivity contribution is -0.132. The molecule has 2 aromatic carbocycles. The molecule has 0 atom stereocenters. The minimum absolute atomic E-state index is 0.115. The first-order chi connectivity index (χ1) is 13.1. The van der Waals surface area contributed by atoms with Crippen molar-refractivity contribution < 1.29 is 14.3 Å². The van der Waals surface area contributed by atoms with Gasteiger partial charge in [0.25, 0.3) is 0 Å². The summed E-state index contributed by atoms with van der Waals surface area (Å²) in [5, 5.41) is 0.758. The monoisotopic (exact) mass is 388 g/mol. The minimum Gasteiger partial charge on any atom is -0.497 e. The standard InChI is InChI=1S/C21H25ClN2O3/c1-26-19-6-7-20(27-2)17(13-19)14-21(25)24-10-8-23(9-11-24)15-16-4-3-5-18(22)12-16/h3-7,12-13H,8-11,14-15H2,1-2H3. The van der Waals surface area contributed by atoms with Crippen LogP contribution in [0.25, 0.3) is 0 Å². The van der Waals surface area contributed by atoms with E-state index in [2.05, 4.69) is 11.0 Å². The maximum atomic E-state index is 12.7.